The number of aromatic nitrogens is 1. The molecule has 0 unspecified atom stereocenters. The molecular formula is C26H23ClN2O. The van der Waals surface area contributed by atoms with Crippen LogP contribution in [0.5, 0.6) is 0 Å². The number of para-hydroxylation sites is 1. The molecule has 0 bridgehead atoms. The molecule has 0 aliphatic rings. The first-order valence-corrected chi connectivity index (χ1v) is 10.4. The Kier molecular flexibility index (Phi) is 6.01. The van der Waals surface area contributed by atoms with Gasteiger partial charge in [-0.25, -0.2) is 0 Å². The van der Waals surface area contributed by atoms with Crippen molar-refractivity contribution in [2.45, 2.75) is 13.3 Å². The van der Waals surface area contributed by atoms with Crippen LogP contribution in [-0.2, 0) is 6.42 Å². The van der Waals surface area contributed by atoms with E-state index >= 15 is 0 Å². The molecule has 1 heterocycles. The van der Waals surface area contributed by atoms with E-state index in [9.17, 15) is 4.79 Å². The van der Waals surface area contributed by atoms with E-state index in [2.05, 4.69) is 22.0 Å². The largest absolute Gasteiger partial charge is 0.352 e. The van der Waals surface area contributed by atoms with Crippen LogP contribution in [0.4, 0.5) is 0 Å². The Hall–Kier alpha value is -3.30. The van der Waals surface area contributed by atoms with Crippen LogP contribution in [0.15, 0.2) is 91.0 Å². The van der Waals surface area contributed by atoms with E-state index in [4.69, 9.17) is 11.6 Å². The molecule has 1 amide bonds. The van der Waals surface area contributed by atoms with Gasteiger partial charge in [-0.05, 0) is 42.7 Å². The second-order valence-electron chi connectivity index (χ2n) is 7.17. The zero-order valence-corrected chi connectivity index (χ0v) is 17.6. The van der Waals surface area contributed by atoms with Gasteiger partial charge in [-0.2, -0.15) is 0 Å². The van der Waals surface area contributed by atoms with Crippen molar-refractivity contribution in [3.05, 3.63) is 113 Å². The van der Waals surface area contributed by atoms with Gasteiger partial charge in [0.25, 0.3) is 5.91 Å². The molecule has 0 fully saturated rings. The van der Waals surface area contributed by atoms with Crippen molar-refractivity contribution in [2.75, 3.05) is 6.54 Å². The first-order valence-electron chi connectivity index (χ1n) is 10.00. The number of hydrogen-bond acceptors (Lipinski definition) is 1. The summed E-state index contributed by atoms with van der Waals surface area (Å²) >= 11 is 6.51. The zero-order valence-electron chi connectivity index (χ0n) is 16.8. The van der Waals surface area contributed by atoms with E-state index in [-0.39, 0.29) is 5.91 Å². The van der Waals surface area contributed by atoms with Gasteiger partial charge in [0.05, 0.1) is 22.0 Å². The molecule has 4 heteroatoms. The molecule has 3 nitrogen and oxygen atoms in total. The smallest absolute Gasteiger partial charge is 0.253 e. The predicted octanol–water partition coefficient (Wildman–Crippen LogP) is 6.08. The number of benzene rings is 3. The minimum Gasteiger partial charge on any atom is -0.352 e. The summed E-state index contributed by atoms with van der Waals surface area (Å²) in [5.41, 5.74) is 5.55. The van der Waals surface area contributed by atoms with Crippen LogP contribution in [0.2, 0.25) is 5.02 Å². The van der Waals surface area contributed by atoms with Crippen LogP contribution in [0.3, 0.4) is 0 Å². The highest BCUT2D eigenvalue weighted by Gasteiger charge is 2.20. The summed E-state index contributed by atoms with van der Waals surface area (Å²) in [4.78, 5) is 13.0. The molecule has 0 atom stereocenters. The fourth-order valence-corrected chi connectivity index (χ4v) is 3.88. The molecule has 4 rings (SSSR count). The Labute approximate surface area is 181 Å². The number of rotatable bonds is 6. The first kappa shape index (κ1) is 20.0. The third-order valence-corrected chi connectivity index (χ3v) is 5.52. The van der Waals surface area contributed by atoms with Gasteiger partial charge in [0.1, 0.15) is 0 Å². The van der Waals surface area contributed by atoms with Crippen LogP contribution < -0.4 is 5.32 Å². The molecule has 0 aliphatic heterocycles. The van der Waals surface area contributed by atoms with Crippen molar-refractivity contribution in [3.63, 3.8) is 0 Å². The summed E-state index contributed by atoms with van der Waals surface area (Å²) in [6, 6.07) is 29.9. The van der Waals surface area contributed by atoms with Crippen molar-refractivity contribution in [2.24, 2.45) is 0 Å². The van der Waals surface area contributed by atoms with Gasteiger partial charge in [0, 0.05) is 12.2 Å². The van der Waals surface area contributed by atoms with Crippen LogP contribution in [-0.4, -0.2) is 17.0 Å². The summed E-state index contributed by atoms with van der Waals surface area (Å²) < 4.78 is 2.06. The summed E-state index contributed by atoms with van der Waals surface area (Å²) in [5.74, 6) is -0.0774. The highest BCUT2D eigenvalue weighted by atomic mass is 35.5. The van der Waals surface area contributed by atoms with E-state index in [1.165, 1.54) is 5.56 Å². The Balaban J connectivity index is 1.67. The first-order chi connectivity index (χ1) is 14.6. The molecule has 3 aromatic carbocycles. The molecule has 0 spiro atoms. The number of halogens is 1. The van der Waals surface area contributed by atoms with Crippen LogP contribution in [0.1, 0.15) is 21.6 Å². The summed E-state index contributed by atoms with van der Waals surface area (Å²) in [5, 5.41) is 3.70. The standard InChI is InChI=1S/C26H23ClN2O/c1-19-22(26(30)28-17-16-20-10-4-2-5-11-20)18-25(21-12-6-3-7-13-21)29(19)24-15-9-8-14-23(24)27/h2-15,18H,16-17H2,1H3,(H,28,30). The number of nitrogens with zero attached hydrogens (tertiary/aromatic N) is 1. The number of amides is 1. The van der Waals surface area contributed by atoms with E-state index in [0.29, 0.717) is 17.1 Å². The minimum absolute atomic E-state index is 0.0774. The second kappa shape index (κ2) is 9.02. The summed E-state index contributed by atoms with van der Waals surface area (Å²) in [6.07, 6.45) is 0.794. The Morgan fingerprint density at radius 1 is 0.900 bits per heavy atom. The topological polar surface area (TPSA) is 34.0 Å². The van der Waals surface area contributed by atoms with Gasteiger partial charge in [0.2, 0.25) is 0 Å². The third-order valence-electron chi connectivity index (χ3n) is 5.20. The highest BCUT2D eigenvalue weighted by Crippen LogP contribution is 2.32. The minimum atomic E-state index is -0.0774. The summed E-state index contributed by atoms with van der Waals surface area (Å²) in [7, 11) is 0. The van der Waals surface area contributed by atoms with Crippen LogP contribution >= 0.6 is 11.6 Å². The van der Waals surface area contributed by atoms with Gasteiger partial charge < -0.3 is 9.88 Å². The van der Waals surface area contributed by atoms with Crippen LogP contribution in [0.25, 0.3) is 16.9 Å². The van der Waals surface area contributed by atoms with Crippen molar-refractivity contribution < 1.29 is 4.79 Å². The third kappa shape index (κ3) is 4.17. The molecule has 150 valence electrons. The lowest BCUT2D eigenvalue weighted by Crippen LogP contribution is -2.26. The average molecular weight is 415 g/mol. The van der Waals surface area contributed by atoms with E-state index in [1.807, 2.05) is 85.8 Å². The lowest BCUT2D eigenvalue weighted by molar-refractivity contribution is 0.0953. The fourth-order valence-electron chi connectivity index (χ4n) is 3.66. The zero-order chi connectivity index (χ0) is 20.9. The van der Waals surface area contributed by atoms with Gasteiger partial charge >= 0.3 is 0 Å². The van der Waals surface area contributed by atoms with E-state index in [0.717, 1.165) is 29.1 Å². The van der Waals surface area contributed by atoms with Gasteiger partial charge in [-0.1, -0.05) is 84.4 Å². The maximum atomic E-state index is 13.0. The van der Waals surface area contributed by atoms with Crippen molar-refractivity contribution >= 4 is 17.5 Å². The molecular weight excluding hydrogens is 392 g/mol. The molecule has 0 saturated carbocycles. The van der Waals surface area contributed by atoms with Gasteiger partial charge in [0.15, 0.2) is 0 Å². The molecule has 0 radical (unpaired) electrons. The van der Waals surface area contributed by atoms with Gasteiger partial charge in [-0.3, -0.25) is 4.79 Å². The maximum Gasteiger partial charge on any atom is 0.253 e. The fraction of sp³-hybridized carbons (Fsp3) is 0.115. The predicted molar refractivity (Wildman–Crippen MR) is 123 cm³/mol. The van der Waals surface area contributed by atoms with Crippen LogP contribution in [0, 0.1) is 6.92 Å². The quantitative estimate of drug-likeness (QED) is 0.407. The number of carbonyl (C=O) groups excluding carboxylic acids is 1. The molecule has 0 saturated heterocycles. The Bertz CT molecular complexity index is 1150. The average Bonchev–Trinajstić information content (AvgIpc) is 3.12. The van der Waals surface area contributed by atoms with E-state index in [1.54, 1.807) is 0 Å². The molecule has 4 aromatic rings. The van der Waals surface area contributed by atoms with E-state index < -0.39 is 0 Å². The van der Waals surface area contributed by atoms with Crippen molar-refractivity contribution in [3.8, 4) is 16.9 Å². The monoisotopic (exact) mass is 414 g/mol. The highest BCUT2D eigenvalue weighted by molar-refractivity contribution is 6.32. The molecule has 30 heavy (non-hydrogen) atoms. The number of hydrogen-bond donors (Lipinski definition) is 1. The summed E-state index contributed by atoms with van der Waals surface area (Å²) in [6.45, 7) is 2.54. The lowest BCUT2D eigenvalue weighted by Gasteiger charge is -2.14. The lowest BCUT2D eigenvalue weighted by atomic mass is 10.1. The number of nitrogens with one attached hydrogen (secondary N) is 1. The number of carbonyl (C=O) groups is 1. The molecule has 1 aromatic heterocycles. The van der Waals surface area contributed by atoms with Crippen molar-refractivity contribution in [1.82, 2.24) is 9.88 Å². The second-order valence-corrected chi connectivity index (χ2v) is 7.58. The molecule has 0 aliphatic carbocycles. The SMILES string of the molecule is Cc1c(C(=O)NCCc2ccccc2)cc(-c2ccccc2)n1-c1ccccc1Cl. The van der Waals surface area contributed by atoms with Crippen molar-refractivity contribution in [1.29, 1.82) is 0 Å². The molecule has 1 N–H and O–H groups in total. The Morgan fingerprint density at radius 3 is 2.23 bits per heavy atom. The van der Waals surface area contributed by atoms with Gasteiger partial charge in [-0.15, -0.1) is 0 Å². The Morgan fingerprint density at radius 2 is 1.53 bits per heavy atom. The maximum absolute atomic E-state index is 13.0. The normalized spacial score (nSPS) is 10.7.